The van der Waals surface area contributed by atoms with Gasteiger partial charge < -0.3 is 4.90 Å². The minimum atomic E-state index is 0.387. The number of piperazine rings is 1. The second-order valence-electron chi connectivity index (χ2n) is 4.64. The summed E-state index contributed by atoms with van der Waals surface area (Å²) in [5.74, 6) is 1.11. The van der Waals surface area contributed by atoms with E-state index in [2.05, 4.69) is 34.4 Å². The van der Waals surface area contributed by atoms with Crippen LogP contribution in [0, 0.1) is 5.92 Å². The highest BCUT2D eigenvalue weighted by Gasteiger charge is 2.29. The summed E-state index contributed by atoms with van der Waals surface area (Å²) < 4.78 is 0.586. The van der Waals surface area contributed by atoms with Gasteiger partial charge in [-0.15, -0.1) is 0 Å². The molecule has 2 rings (SSSR count). The first-order valence-electron chi connectivity index (χ1n) is 5.82. The Labute approximate surface area is 105 Å². The Morgan fingerprint density at radius 3 is 2.40 bits per heavy atom. The number of alkyl halides is 1. The Kier molecular flexibility index (Phi) is 3.88. The van der Waals surface area contributed by atoms with Gasteiger partial charge in [-0.3, -0.25) is 9.69 Å². The van der Waals surface area contributed by atoms with Crippen molar-refractivity contribution in [1.82, 2.24) is 9.80 Å². The number of rotatable bonds is 3. The van der Waals surface area contributed by atoms with Crippen LogP contribution in [0.4, 0.5) is 0 Å². The van der Waals surface area contributed by atoms with Crippen molar-refractivity contribution in [2.45, 2.75) is 30.2 Å². The van der Waals surface area contributed by atoms with Crippen molar-refractivity contribution in [2.75, 3.05) is 26.2 Å². The second kappa shape index (κ2) is 4.99. The molecule has 1 atom stereocenters. The van der Waals surface area contributed by atoms with E-state index in [1.807, 2.05) is 4.90 Å². The Morgan fingerprint density at radius 1 is 1.33 bits per heavy atom. The van der Waals surface area contributed by atoms with E-state index in [4.69, 9.17) is 0 Å². The van der Waals surface area contributed by atoms with Gasteiger partial charge in [-0.2, -0.15) is 0 Å². The van der Waals surface area contributed by atoms with E-state index in [1.54, 1.807) is 0 Å². The number of nitrogens with zero attached hydrogens (tertiary/aromatic N) is 2. The van der Waals surface area contributed by atoms with E-state index in [0.717, 1.165) is 38.5 Å². The van der Waals surface area contributed by atoms with E-state index in [0.29, 0.717) is 9.96 Å². The molecule has 0 spiro atoms. The molecule has 0 aromatic rings. The SMILES string of the molecule is CC(I)N1CCN(C(=O)CC2CC2)CC1. The second-order valence-corrected chi connectivity index (χ2v) is 6.44. The van der Waals surface area contributed by atoms with E-state index >= 15 is 0 Å². The third-order valence-corrected chi connectivity index (χ3v) is 4.12. The van der Waals surface area contributed by atoms with Gasteiger partial charge in [0, 0.05) is 32.6 Å². The van der Waals surface area contributed by atoms with Gasteiger partial charge >= 0.3 is 0 Å². The van der Waals surface area contributed by atoms with Crippen LogP contribution in [0.2, 0.25) is 0 Å². The molecule has 1 heterocycles. The minimum absolute atomic E-state index is 0.387. The van der Waals surface area contributed by atoms with Crippen molar-refractivity contribution in [3.63, 3.8) is 0 Å². The van der Waals surface area contributed by atoms with Crippen LogP contribution < -0.4 is 0 Å². The molecule has 1 aliphatic heterocycles. The van der Waals surface area contributed by atoms with E-state index in [-0.39, 0.29) is 0 Å². The highest BCUT2D eigenvalue weighted by atomic mass is 127. The predicted molar refractivity (Wildman–Crippen MR) is 69.0 cm³/mol. The molecule has 1 unspecified atom stereocenters. The number of carbonyl (C=O) groups is 1. The summed E-state index contributed by atoms with van der Waals surface area (Å²) in [5.41, 5.74) is 0. The van der Waals surface area contributed by atoms with Crippen molar-refractivity contribution in [3.8, 4) is 0 Å². The number of halogens is 1. The van der Waals surface area contributed by atoms with Gasteiger partial charge in [0.2, 0.25) is 5.91 Å². The molecule has 0 aromatic carbocycles. The van der Waals surface area contributed by atoms with Crippen molar-refractivity contribution >= 4 is 28.5 Å². The maximum Gasteiger partial charge on any atom is 0.222 e. The summed E-state index contributed by atoms with van der Waals surface area (Å²) >= 11 is 2.44. The van der Waals surface area contributed by atoms with E-state index in [1.165, 1.54) is 12.8 Å². The maximum atomic E-state index is 11.8. The third kappa shape index (κ3) is 3.31. The lowest BCUT2D eigenvalue weighted by molar-refractivity contribution is -0.133. The zero-order valence-electron chi connectivity index (χ0n) is 9.29. The maximum absolute atomic E-state index is 11.8. The minimum Gasteiger partial charge on any atom is -0.340 e. The lowest BCUT2D eigenvalue weighted by atomic mass is 10.2. The molecule has 86 valence electrons. The number of hydrogen-bond acceptors (Lipinski definition) is 2. The van der Waals surface area contributed by atoms with Gasteiger partial charge in [0.25, 0.3) is 0 Å². The van der Waals surface area contributed by atoms with Crippen LogP contribution in [0.1, 0.15) is 26.2 Å². The molecule has 0 N–H and O–H groups in total. The summed E-state index contributed by atoms with van der Waals surface area (Å²) in [6.07, 6.45) is 3.35. The lowest BCUT2D eigenvalue weighted by Gasteiger charge is -2.36. The van der Waals surface area contributed by atoms with E-state index < -0.39 is 0 Å². The highest BCUT2D eigenvalue weighted by molar-refractivity contribution is 14.1. The average Bonchev–Trinajstić information content (AvgIpc) is 3.02. The standard InChI is InChI=1S/C11H19IN2O/c1-9(12)13-4-6-14(7-5-13)11(15)8-10-2-3-10/h9-10H,2-8H2,1H3. The van der Waals surface area contributed by atoms with Gasteiger partial charge in [0.15, 0.2) is 0 Å². The predicted octanol–water partition coefficient (Wildman–Crippen LogP) is 1.71. The monoisotopic (exact) mass is 322 g/mol. The number of amides is 1. The van der Waals surface area contributed by atoms with Crippen molar-refractivity contribution in [2.24, 2.45) is 5.92 Å². The van der Waals surface area contributed by atoms with Crippen molar-refractivity contribution in [3.05, 3.63) is 0 Å². The van der Waals surface area contributed by atoms with Gasteiger partial charge in [0.1, 0.15) is 0 Å². The fraction of sp³-hybridized carbons (Fsp3) is 0.909. The van der Waals surface area contributed by atoms with Crippen LogP contribution >= 0.6 is 22.6 Å². The quantitative estimate of drug-likeness (QED) is 0.449. The Bertz CT molecular complexity index is 233. The van der Waals surface area contributed by atoms with Gasteiger partial charge in [0.05, 0.1) is 4.05 Å². The number of carbonyl (C=O) groups excluding carboxylic acids is 1. The first-order chi connectivity index (χ1) is 7.16. The van der Waals surface area contributed by atoms with Crippen LogP contribution in [0.3, 0.4) is 0 Å². The zero-order valence-corrected chi connectivity index (χ0v) is 11.4. The third-order valence-electron chi connectivity index (χ3n) is 3.33. The molecule has 0 radical (unpaired) electrons. The fourth-order valence-electron chi connectivity index (χ4n) is 2.03. The van der Waals surface area contributed by atoms with Crippen LogP contribution in [-0.4, -0.2) is 45.9 Å². The van der Waals surface area contributed by atoms with Crippen LogP contribution in [0.15, 0.2) is 0 Å². The Balaban J connectivity index is 1.74. The van der Waals surface area contributed by atoms with Crippen molar-refractivity contribution in [1.29, 1.82) is 0 Å². The van der Waals surface area contributed by atoms with Crippen LogP contribution in [0.25, 0.3) is 0 Å². The molecule has 1 amide bonds. The normalized spacial score (nSPS) is 25.3. The lowest BCUT2D eigenvalue weighted by Crippen LogP contribution is -2.50. The molecule has 1 saturated heterocycles. The summed E-state index contributed by atoms with van der Waals surface area (Å²) in [7, 11) is 0. The summed E-state index contributed by atoms with van der Waals surface area (Å²) in [6, 6.07) is 0. The molecule has 1 aliphatic carbocycles. The molecule has 0 aromatic heterocycles. The van der Waals surface area contributed by atoms with Gasteiger partial charge in [-0.25, -0.2) is 0 Å². The summed E-state index contributed by atoms with van der Waals surface area (Å²) in [6.45, 7) is 6.15. The summed E-state index contributed by atoms with van der Waals surface area (Å²) in [4.78, 5) is 16.3. The topological polar surface area (TPSA) is 23.6 Å². The highest BCUT2D eigenvalue weighted by Crippen LogP contribution is 2.33. The van der Waals surface area contributed by atoms with E-state index in [9.17, 15) is 4.79 Å². The molecule has 2 fully saturated rings. The summed E-state index contributed by atoms with van der Waals surface area (Å²) in [5, 5.41) is 0. The number of hydrogen-bond donors (Lipinski definition) is 0. The Hall–Kier alpha value is 0.160. The van der Waals surface area contributed by atoms with Gasteiger partial charge in [-0.05, 0) is 25.7 Å². The molecule has 3 nitrogen and oxygen atoms in total. The molecule has 1 saturated carbocycles. The van der Waals surface area contributed by atoms with Crippen LogP contribution in [-0.2, 0) is 4.79 Å². The molecule has 4 heteroatoms. The smallest absolute Gasteiger partial charge is 0.222 e. The molecule has 0 bridgehead atoms. The first-order valence-corrected chi connectivity index (χ1v) is 7.07. The molecular weight excluding hydrogens is 303 g/mol. The largest absolute Gasteiger partial charge is 0.340 e. The van der Waals surface area contributed by atoms with Crippen LogP contribution in [0.5, 0.6) is 0 Å². The zero-order chi connectivity index (χ0) is 10.8. The fourth-order valence-corrected chi connectivity index (χ4v) is 2.58. The molecule has 15 heavy (non-hydrogen) atoms. The van der Waals surface area contributed by atoms with Gasteiger partial charge in [-0.1, -0.05) is 22.6 Å². The van der Waals surface area contributed by atoms with Crippen molar-refractivity contribution < 1.29 is 4.79 Å². The Morgan fingerprint density at radius 2 is 1.93 bits per heavy atom. The average molecular weight is 322 g/mol. The first kappa shape index (κ1) is 11.6. The molecule has 2 aliphatic rings. The molecular formula is C11H19IN2O.